The number of fused-ring (bicyclic) bond motifs is 1. The molecule has 0 atom stereocenters. The van der Waals surface area contributed by atoms with Gasteiger partial charge in [0.2, 0.25) is 0 Å². The highest BCUT2D eigenvalue weighted by molar-refractivity contribution is 7.92. The fourth-order valence-corrected chi connectivity index (χ4v) is 5.89. The van der Waals surface area contributed by atoms with E-state index in [-0.39, 0.29) is 34.7 Å². The third-order valence-corrected chi connectivity index (χ3v) is 7.93. The molecule has 1 aliphatic rings. The van der Waals surface area contributed by atoms with Crippen LogP contribution >= 0.6 is 11.6 Å². The molecule has 6 nitrogen and oxygen atoms in total. The number of piperidine rings is 1. The molecule has 37 heavy (non-hydrogen) atoms. The molecule has 1 aromatic heterocycles. The Kier molecular flexibility index (Phi) is 7.34. The van der Waals surface area contributed by atoms with Crippen LogP contribution in [0.25, 0.3) is 10.9 Å². The van der Waals surface area contributed by atoms with Crippen molar-refractivity contribution in [3.05, 3.63) is 52.7 Å². The SMILES string of the molecule is Cc1cn(C2CCN(CC(F)(F)C(F)F)CC2)c2c(N)cc(S(=O)(=O)Nc3c(F)cc(Cl)cc3F)cc12. The van der Waals surface area contributed by atoms with Crippen molar-refractivity contribution in [3.8, 4) is 0 Å². The number of sulfonamides is 1. The summed E-state index contributed by atoms with van der Waals surface area (Å²) in [5, 5.41) is 0.234. The zero-order valence-electron chi connectivity index (χ0n) is 19.4. The van der Waals surface area contributed by atoms with Gasteiger partial charge in [-0.2, -0.15) is 8.78 Å². The summed E-state index contributed by atoms with van der Waals surface area (Å²) in [6.07, 6.45) is -1.22. The van der Waals surface area contributed by atoms with Gasteiger partial charge in [0.05, 0.1) is 22.6 Å². The summed E-state index contributed by atoms with van der Waals surface area (Å²) in [5.41, 5.74) is 6.58. The summed E-state index contributed by atoms with van der Waals surface area (Å²) in [7, 11) is -4.45. The summed E-state index contributed by atoms with van der Waals surface area (Å²) < 4.78 is 110. The van der Waals surface area contributed by atoms with E-state index in [0.717, 1.165) is 18.2 Å². The Morgan fingerprint density at radius 2 is 1.73 bits per heavy atom. The van der Waals surface area contributed by atoms with Gasteiger partial charge in [0.25, 0.3) is 10.0 Å². The fraction of sp³-hybridized carbons (Fsp3) is 0.391. The Morgan fingerprint density at radius 3 is 2.30 bits per heavy atom. The van der Waals surface area contributed by atoms with Crippen LogP contribution in [0.2, 0.25) is 5.02 Å². The van der Waals surface area contributed by atoms with Gasteiger partial charge in [0, 0.05) is 35.7 Å². The first-order valence-electron chi connectivity index (χ1n) is 11.2. The third kappa shape index (κ3) is 5.48. The number of hydrogen-bond acceptors (Lipinski definition) is 4. The molecule has 1 saturated heterocycles. The summed E-state index contributed by atoms with van der Waals surface area (Å²) >= 11 is 5.59. The van der Waals surface area contributed by atoms with Gasteiger partial charge >= 0.3 is 12.3 Å². The molecule has 0 unspecified atom stereocenters. The molecule has 3 aromatic rings. The number of halogens is 7. The molecular weight excluding hydrogens is 546 g/mol. The normalized spacial score (nSPS) is 16.1. The number of likely N-dealkylation sites (tertiary alicyclic amines) is 1. The van der Waals surface area contributed by atoms with E-state index in [9.17, 15) is 34.8 Å². The largest absolute Gasteiger partial charge is 0.397 e. The lowest BCUT2D eigenvalue weighted by Gasteiger charge is -2.34. The van der Waals surface area contributed by atoms with Gasteiger partial charge in [-0.1, -0.05) is 11.6 Å². The standard InChI is InChI=1S/C23H23ClF6N4O2S/c1-12-10-34(14-2-4-33(5-3-14)11-23(29,30)22(27)28)21-16(12)8-15(9-19(21)31)37(35,36)32-20-17(25)6-13(24)7-18(20)26/h6-10,14,22,32H,2-5,11,31H2,1H3. The quantitative estimate of drug-likeness (QED) is 0.279. The van der Waals surface area contributed by atoms with E-state index in [1.165, 1.54) is 11.0 Å². The predicted molar refractivity (Wildman–Crippen MR) is 129 cm³/mol. The minimum Gasteiger partial charge on any atom is -0.397 e. The first-order valence-corrected chi connectivity index (χ1v) is 13.0. The number of hydrogen-bond donors (Lipinski definition) is 2. The number of aryl methyl sites for hydroxylation is 1. The highest BCUT2D eigenvalue weighted by Crippen LogP contribution is 2.36. The average Bonchev–Trinajstić information content (AvgIpc) is 3.13. The molecule has 0 bridgehead atoms. The second kappa shape index (κ2) is 9.91. The molecule has 3 N–H and O–H groups in total. The number of aromatic nitrogens is 1. The van der Waals surface area contributed by atoms with Crippen molar-refractivity contribution < 1.29 is 34.8 Å². The summed E-state index contributed by atoms with van der Waals surface area (Å²) in [6, 6.07) is 3.83. The van der Waals surface area contributed by atoms with Crippen molar-refractivity contribution in [2.75, 3.05) is 30.1 Å². The second-order valence-electron chi connectivity index (χ2n) is 9.05. The van der Waals surface area contributed by atoms with Crippen molar-refractivity contribution in [2.24, 2.45) is 0 Å². The van der Waals surface area contributed by atoms with E-state index in [4.69, 9.17) is 17.3 Å². The monoisotopic (exact) mass is 568 g/mol. The summed E-state index contributed by atoms with van der Waals surface area (Å²) in [4.78, 5) is 0.965. The molecule has 0 radical (unpaired) electrons. The number of anilines is 2. The zero-order valence-corrected chi connectivity index (χ0v) is 21.0. The average molecular weight is 569 g/mol. The van der Waals surface area contributed by atoms with E-state index in [1.54, 1.807) is 13.1 Å². The van der Waals surface area contributed by atoms with Crippen LogP contribution in [-0.4, -0.2) is 49.9 Å². The van der Waals surface area contributed by atoms with Gasteiger partial charge in [0.1, 0.15) is 5.69 Å². The third-order valence-electron chi connectivity index (χ3n) is 6.39. The molecular formula is C23H23ClF6N4O2S. The first-order chi connectivity index (χ1) is 17.2. The van der Waals surface area contributed by atoms with Crippen LogP contribution in [0.1, 0.15) is 24.4 Å². The zero-order chi connectivity index (χ0) is 27.3. The molecule has 4 rings (SSSR count). The molecule has 0 saturated carbocycles. The van der Waals surface area contributed by atoms with Crippen LogP contribution in [0.3, 0.4) is 0 Å². The van der Waals surface area contributed by atoms with E-state index in [1.807, 2.05) is 9.29 Å². The van der Waals surface area contributed by atoms with Crippen LogP contribution < -0.4 is 10.5 Å². The van der Waals surface area contributed by atoms with Crippen LogP contribution in [0.4, 0.5) is 37.7 Å². The van der Waals surface area contributed by atoms with E-state index in [2.05, 4.69) is 0 Å². The number of nitrogen functional groups attached to an aromatic ring is 1. The van der Waals surface area contributed by atoms with Gasteiger partial charge in [-0.25, -0.2) is 26.0 Å². The highest BCUT2D eigenvalue weighted by Gasteiger charge is 2.42. The Morgan fingerprint density at radius 1 is 1.14 bits per heavy atom. The van der Waals surface area contributed by atoms with Crippen molar-refractivity contribution >= 4 is 43.9 Å². The van der Waals surface area contributed by atoms with Crippen LogP contribution in [-0.2, 0) is 10.0 Å². The van der Waals surface area contributed by atoms with Gasteiger partial charge in [-0.15, -0.1) is 0 Å². The highest BCUT2D eigenvalue weighted by atomic mass is 35.5. The number of nitrogens with two attached hydrogens (primary N) is 1. The van der Waals surface area contributed by atoms with Gasteiger partial charge < -0.3 is 10.3 Å². The minimum atomic E-state index is -4.45. The molecule has 2 aromatic carbocycles. The topological polar surface area (TPSA) is 80.4 Å². The molecule has 1 fully saturated rings. The maximum absolute atomic E-state index is 14.2. The van der Waals surface area contributed by atoms with E-state index < -0.39 is 46.2 Å². The fourth-order valence-electron chi connectivity index (χ4n) is 4.56. The molecule has 2 heterocycles. The van der Waals surface area contributed by atoms with Gasteiger partial charge in [-0.05, 0) is 49.6 Å². The van der Waals surface area contributed by atoms with Crippen molar-refractivity contribution in [1.82, 2.24) is 9.47 Å². The molecule has 0 spiro atoms. The predicted octanol–water partition coefficient (Wildman–Crippen LogP) is 5.80. The number of nitrogens with zero attached hydrogens (tertiary/aromatic N) is 2. The van der Waals surface area contributed by atoms with E-state index >= 15 is 0 Å². The number of nitrogens with one attached hydrogen (secondary N) is 1. The Hall–Kier alpha value is -2.64. The Bertz CT molecular complexity index is 1420. The Balaban J connectivity index is 1.60. The molecule has 0 aliphatic carbocycles. The maximum Gasteiger partial charge on any atom is 0.319 e. The lowest BCUT2D eigenvalue weighted by atomic mass is 10.0. The van der Waals surface area contributed by atoms with Crippen LogP contribution in [0.5, 0.6) is 0 Å². The smallest absolute Gasteiger partial charge is 0.319 e. The minimum absolute atomic E-state index is 0.0784. The number of rotatable bonds is 7. The Labute approximate surface area is 214 Å². The van der Waals surface area contributed by atoms with Gasteiger partial charge in [-0.3, -0.25) is 9.62 Å². The van der Waals surface area contributed by atoms with Crippen molar-refractivity contribution in [1.29, 1.82) is 0 Å². The van der Waals surface area contributed by atoms with Crippen LogP contribution in [0.15, 0.2) is 35.4 Å². The van der Waals surface area contributed by atoms with Crippen molar-refractivity contribution in [2.45, 2.75) is 43.1 Å². The van der Waals surface area contributed by atoms with E-state index in [0.29, 0.717) is 29.3 Å². The maximum atomic E-state index is 14.2. The van der Waals surface area contributed by atoms with Crippen LogP contribution in [0, 0.1) is 18.6 Å². The van der Waals surface area contributed by atoms with Gasteiger partial charge in [0.15, 0.2) is 11.6 Å². The summed E-state index contributed by atoms with van der Waals surface area (Å²) in [6.45, 7) is 1.02. The number of benzene rings is 2. The lowest BCUT2D eigenvalue weighted by Crippen LogP contribution is -2.45. The molecule has 0 amide bonds. The first kappa shape index (κ1) is 27.4. The molecule has 202 valence electrons. The lowest BCUT2D eigenvalue weighted by molar-refractivity contribution is -0.144. The number of alkyl halides is 4. The second-order valence-corrected chi connectivity index (χ2v) is 11.2. The summed E-state index contributed by atoms with van der Waals surface area (Å²) in [5.74, 6) is -6.48. The molecule has 14 heteroatoms. The molecule has 1 aliphatic heterocycles. The van der Waals surface area contributed by atoms with Crippen molar-refractivity contribution in [3.63, 3.8) is 0 Å².